The Hall–Kier alpha value is -2.32. The van der Waals surface area contributed by atoms with Crippen LogP contribution in [0.1, 0.15) is 22.3 Å². The lowest BCUT2D eigenvalue weighted by Gasteiger charge is -2.22. The average Bonchev–Trinajstić information content (AvgIpc) is 2.72. The van der Waals surface area contributed by atoms with Crippen LogP contribution in [0.4, 0.5) is 18.9 Å². The van der Waals surface area contributed by atoms with E-state index in [0.717, 1.165) is 17.7 Å². The zero-order chi connectivity index (χ0) is 20.6. The summed E-state index contributed by atoms with van der Waals surface area (Å²) >= 11 is 8.04. The van der Waals surface area contributed by atoms with Crippen molar-refractivity contribution >= 4 is 55.1 Å². The Balaban J connectivity index is 1.92. The number of halogens is 5. The summed E-state index contributed by atoms with van der Waals surface area (Å²) in [7, 11) is 0. The van der Waals surface area contributed by atoms with Crippen LogP contribution in [-0.4, -0.2) is 5.90 Å². The number of benzene rings is 3. The van der Waals surface area contributed by atoms with E-state index in [-0.39, 0.29) is 0 Å². The monoisotopic (exact) mass is 525 g/mol. The van der Waals surface area contributed by atoms with E-state index in [1.54, 1.807) is 24.3 Å². The number of fused-ring (bicyclic) bond motifs is 1. The minimum Gasteiger partial charge on any atom is -0.437 e. The molecule has 2 nitrogen and oxygen atoms in total. The summed E-state index contributed by atoms with van der Waals surface area (Å²) in [6.07, 6.45) is -4.46. The summed E-state index contributed by atoms with van der Waals surface area (Å²) in [6, 6.07) is 19.7. The number of hydrogen-bond donors (Lipinski definition) is 0. The van der Waals surface area contributed by atoms with E-state index in [2.05, 4.69) is 27.6 Å². The second-order valence-electron chi connectivity index (χ2n) is 6.26. The van der Waals surface area contributed by atoms with E-state index in [0.29, 0.717) is 37.1 Å². The first-order valence-corrected chi connectivity index (χ1v) is 9.98. The first kappa shape index (κ1) is 20.0. The highest BCUT2D eigenvalue weighted by Gasteiger charge is 2.33. The predicted octanol–water partition coefficient (Wildman–Crippen LogP) is 7.73. The fourth-order valence-corrected chi connectivity index (χ4v) is 3.76. The summed E-state index contributed by atoms with van der Waals surface area (Å²) in [4.78, 5) is 4.44. The predicted molar refractivity (Wildman–Crippen MR) is 117 cm³/mol. The molecule has 0 spiro atoms. The molecule has 29 heavy (non-hydrogen) atoms. The molecule has 0 bridgehead atoms. The Labute approximate surface area is 183 Å². The van der Waals surface area contributed by atoms with Gasteiger partial charge in [-0.25, -0.2) is 4.99 Å². The van der Waals surface area contributed by atoms with E-state index < -0.39 is 11.7 Å². The van der Waals surface area contributed by atoms with Gasteiger partial charge >= 0.3 is 6.18 Å². The molecule has 0 atom stereocenters. The Morgan fingerprint density at radius 2 is 1.62 bits per heavy atom. The van der Waals surface area contributed by atoms with Crippen molar-refractivity contribution in [1.29, 1.82) is 0 Å². The molecule has 1 aliphatic rings. The molecule has 3 aromatic rings. The number of hydrogen-bond acceptors (Lipinski definition) is 2. The van der Waals surface area contributed by atoms with Crippen LogP contribution < -0.4 is 0 Å². The third-order valence-electron chi connectivity index (χ3n) is 4.31. The zero-order valence-electron chi connectivity index (χ0n) is 14.7. The lowest BCUT2D eigenvalue weighted by Crippen LogP contribution is -2.13. The molecule has 146 valence electrons. The second kappa shape index (κ2) is 7.84. The zero-order valence-corrected chi connectivity index (χ0v) is 17.6. The second-order valence-corrected chi connectivity index (χ2v) is 7.78. The third kappa shape index (κ3) is 4.18. The van der Waals surface area contributed by atoms with E-state index in [4.69, 9.17) is 16.3 Å². The number of rotatable bonds is 2. The summed E-state index contributed by atoms with van der Waals surface area (Å²) in [5.74, 6) is 0.631. The van der Waals surface area contributed by atoms with Crippen molar-refractivity contribution in [2.75, 3.05) is 0 Å². The Morgan fingerprint density at radius 3 is 2.28 bits per heavy atom. The minimum absolute atomic E-state index is 0.297. The van der Waals surface area contributed by atoms with Gasteiger partial charge in [0, 0.05) is 16.1 Å². The Bertz CT molecular complexity index is 1120. The van der Waals surface area contributed by atoms with E-state index in [1.165, 1.54) is 6.07 Å². The lowest BCUT2D eigenvalue weighted by atomic mass is 10.0. The van der Waals surface area contributed by atoms with Crippen molar-refractivity contribution < 1.29 is 17.9 Å². The number of aliphatic imine (C=N–C) groups is 1. The number of ether oxygens (including phenoxy) is 1. The average molecular weight is 526 g/mol. The molecule has 3 aromatic carbocycles. The normalized spacial score (nSPS) is 15.3. The molecular weight excluding hydrogens is 514 g/mol. The summed E-state index contributed by atoms with van der Waals surface area (Å²) < 4.78 is 46.6. The van der Waals surface area contributed by atoms with Crippen molar-refractivity contribution in [2.45, 2.75) is 6.18 Å². The number of nitrogens with zero attached hydrogens (tertiary/aromatic N) is 1. The van der Waals surface area contributed by atoms with Gasteiger partial charge in [-0.05, 0) is 70.6 Å². The fourth-order valence-electron chi connectivity index (χ4n) is 2.87. The largest absolute Gasteiger partial charge is 0.437 e. The molecule has 0 saturated carbocycles. The Kier molecular flexibility index (Phi) is 5.40. The molecule has 1 heterocycles. The van der Waals surface area contributed by atoms with Crippen LogP contribution >= 0.6 is 34.2 Å². The van der Waals surface area contributed by atoms with Gasteiger partial charge in [0.15, 0.2) is 5.76 Å². The van der Waals surface area contributed by atoms with Crippen molar-refractivity contribution in [3.63, 3.8) is 0 Å². The molecule has 0 radical (unpaired) electrons. The topological polar surface area (TPSA) is 21.6 Å². The van der Waals surface area contributed by atoms with Crippen LogP contribution in [0.15, 0.2) is 77.8 Å². The molecule has 0 fully saturated rings. The smallest absolute Gasteiger partial charge is 0.416 e. The van der Waals surface area contributed by atoms with Gasteiger partial charge < -0.3 is 4.74 Å². The van der Waals surface area contributed by atoms with Crippen LogP contribution in [0, 0.1) is 0 Å². The van der Waals surface area contributed by atoms with Gasteiger partial charge in [-0.2, -0.15) is 13.2 Å². The molecule has 0 unspecified atom stereocenters. The number of alkyl halides is 3. The van der Waals surface area contributed by atoms with Gasteiger partial charge in [0.1, 0.15) is 0 Å². The third-order valence-corrected chi connectivity index (χ3v) is 5.67. The summed E-state index contributed by atoms with van der Waals surface area (Å²) in [5, 5.41) is 0.565. The van der Waals surface area contributed by atoms with Crippen LogP contribution in [0.25, 0.3) is 9.34 Å². The highest BCUT2D eigenvalue weighted by Crippen LogP contribution is 2.43. The van der Waals surface area contributed by atoms with Crippen molar-refractivity contribution in [3.8, 4) is 0 Å². The molecule has 0 aliphatic carbocycles. The van der Waals surface area contributed by atoms with Gasteiger partial charge in [-0.3, -0.25) is 0 Å². The maximum Gasteiger partial charge on any atom is 0.416 e. The summed E-state index contributed by atoms with van der Waals surface area (Å²) in [5.41, 5.74) is 1.47. The molecule has 0 saturated heterocycles. The van der Waals surface area contributed by atoms with Gasteiger partial charge in [-0.15, -0.1) is 0 Å². The molecular formula is C22H12ClF3INO. The first-order chi connectivity index (χ1) is 13.8. The van der Waals surface area contributed by atoms with Crippen LogP contribution in [-0.2, 0) is 10.9 Å². The van der Waals surface area contributed by atoms with Gasteiger partial charge in [-0.1, -0.05) is 41.9 Å². The molecule has 4 rings (SSSR count). The fraction of sp³-hybridized carbons (Fsp3) is 0.0455. The van der Waals surface area contributed by atoms with Crippen LogP contribution in [0.2, 0.25) is 5.02 Å². The first-order valence-electron chi connectivity index (χ1n) is 8.52. The van der Waals surface area contributed by atoms with Crippen LogP contribution in [0.3, 0.4) is 0 Å². The molecule has 1 aliphatic heterocycles. The molecule has 0 aromatic heterocycles. The summed E-state index contributed by atoms with van der Waals surface area (Å²) in [6.45, 7) is 0. The molecule has 0 N–H and O–H groups in total. The SMILES string of the molecule is FC(F)(F)c1ccc2c(c1)/C(=C(/I)c1ccccc1)OC(c1ccc(Cl)cc1)=N2. The van der Waals surface area contributed by atoms with Crippen molar-refractivity contribution in [2.24, 2.45) is 4.99 Å². The van der Waals surface area contributed by atoms with Gasteiger partial charge in [0.2, 0.25) is 5.90 Å². The van der Waals surface area contributed by atoms with Crippen molar-refractivity contribution in [1.82, 2.24) is 0 Å². The van der Waals surface area contributed by atoms with E-state index in [1.807, 2.05) is 30.3 Å². The molecule has 7 heteroatoms. The standard InChI is InChI=1S/C22H12ClF3INO/c23-16-9-6-14(7-10-16)21-28-18-11-8-15(22(24,25)26)12-17(18)20(29-21)19(27)13-4-2-1-3-5-13/h1-12H/b20-19-. The van der Waals surface area contributed by atoms with Gasteiger partial charge in [0.25, 0.3) is 0 Å². The van der Waals surface area contributed by atoms with E-state index in [9.17, 15) is 13.2 Å². The molecule has 0 amide bonds. The maximum atomic E-state index is 13.3. The highest BCUT2D eigenvalue weighted by molar-refractivity contribution is 14.1. The lowest BCUT2D eigenvalue weighted by molar-refractivity contribution is -0.137. The van der Waals surface area contributed by atoms with Crippen molar-refractivity contribution in [3.05, 3.63) is 100 Å². The maximum absolute atomic E-state index is 13.3. The Morgan fingerprint density at radius 1 is 0.931 bits per heavy atom. The minimum atomic E-state index is -4.46. The quantitative estimate of drug-likeness (QED) is 0.314. The van der Waals surface area contributed by atoms with Gasteiger partial charge in [0.05, 0.1) is 14.8 Å². The van der Waals surface area contributed by atoms with Crippen LogP contribution in [0.5, 0.6) is 0 Å². The van der Waals surface area contributed by atoms with E-state index >= 15 is 0 Å². The highest BCUT2D eigenvalue weighted by atomic mass is 127.